The van der Waals surface area contributed by atoms with Crippen LogP contribution in [0.1, 0.15) is 20.8 Å². The summed E-state index contributed by atoms with van der Waals surface area (Å²) in [7, 11) is 0. The van der Waals surface area contributed by atoms with Crippen molar-refractivity contribution in [1.29, 1.82) is 0 Å². The molecular formula is C16H14N2O4. The molecule has 0 atom stereocenters. The quantitative estimate of drug-likeness (QED) is 0.628. The van der Waals surface area contributed by atoms with Crippen LogP contribution in [0.15, 0.2) is 35.5 Å². The molecule has 3 rings (SSSR count). The molecule has 0 radical (unpaired) electrons. The van der Waals surface area contributed by atoms with Crippen molar-refractivity contribution in [3.63, 3.8) is 0 Å². The largest absolute Gasteiger partial charge is 0.319 e. The first-order valence-electron chi connectivity index (χ1n) is 6.81. The molecule has 22 heavy (non-hydrogen) atoms. The van der Waals surface area contributed by atoms with Gasteiger partial charge >= 0.3 is 5.91 Å². The van der Waals surface area contributed by atoms with E-state index in [0.717, 1.165) is 4.90 Å². The van der Waals surface area contributed by atoms with E-state index in [9.17, 15) is 19.2 Å². The summed E-state index contributed by atoms with van der Waals surface area (Å²) in [5, 5.41) is 2.61. The summed E-state index contributed by atoms with van der Waals surface area (Å²) >= 11 is 0. The van der Waals surface area contributed by atoms with Crippen LogP contribution in [0.3, 0.4) is 0 Å². The number of carbonyl (C=O) groups excluding carboxylic acids is 4. The fourth-order valence-electron chi connectivity index (χ4n) is 2.52. The maximum absolute atomic E-state index is 12.5. The highest BCUT2D eigenvalue weighted by Crippen LogP contribution is 2.39. The molecule has 112 valence electrons. The number of Topliss-reactive ketones (excluding diaryl/α,β-unsaturated/α-hetero) is 2. The lowest BCUT2D eigenvalue weighted by atomic mass is 9.84. The molecule has 0 fully saturated rings. The minimum absolute atomic E-state index is 0.173. The predicted octanol–water partition coefficient (Wildman–Crippen LogP) is 1.42. The van der Waals surface area contributed by atoms with Crippen molar-refractivity contribution in [3.05, 3.63) is 35.5 Å². The minimum atomic E-state index is -0.929. The van der Waals surface area contributed by atoms with Gasteiger partial charge in [0, 0.05) is 5.41 Å². The highest BCUT2D eigenvalue weighted by molar-refractivity contribution is 6.59. The van der Waals surface area contributed by atoms with E-state index in [1.165, 1.54) is 0 Å². The van der Waals surface area contributed by atoms with Crippen LogP contribution in [0.25, 0.3) is 0 Å². The zero-order valence-electron chi connectivity index (χ0n) is 12.4. The molecule has 0 spiro atoms. The van der Waals surface area contributed by atoms with Crippen molar-refractivity contribution in [3.8, 4) is 0 Å². The SMILES string of the molecule is CC(C)(C)C(=O)C1=C2C(=O)Nc3ccccc3N2C(=O)C1=O. The van der Waals surface area contributed by atoms with E-state index in [1.54, 1.807) is 45.0 Å². The first-order chi connectivity index (χ1) is 10.2. The Kier molecular flexibility index (Phi) is 2.82. The molecule has 2 heterocycles. The van der Waals surface area contributed by atoms with Crippen molar-refractivity contribution in [1.82, 2.24) is 0 Å². The van der Waals surface area contributed by atoms with E-state index in [-0.39, 0.29) is 11.3 Å². The van der Waals surface area contributed by atoms with Gasteiger partial charge in [-0.1, -0.05) is 32.9 Å². The number of anilines is 2. The van der Waals surface area contributed by atoms with Gasteiger partial charge in [0.2, 0.25) is 0 Å². The van der Waals surface area contributed by atoms with Crippen molar-refractivity contribution in [2.75, 3.05) is 10.2 Å². The summed E-state index contributed by atoms with van der Waals surface area (Å²) < 4.78 is 0. The molecule has 0 saturated heterocycles. The Balaban J connectivity index is 2.26. The lowest BCUT2D eigenvalue weighted by Gasteiger charge is -2.27. The minimum Gasteiger partial charge on any atom is -0.319 e. The lowest BCUT2D eigenvalue weighted by molar-refractivity contribution is -0.134. The lowest BCUT2D eigenvalue weighted by Crippen LogP contribution is -2.37. The first kappa shape index (κ1) is 14.2. The molecule has 6 nitrogen and oxygen atoms in total. The Hall–Kier alpha value is -2.76. The Labute approximate surface area is 126 Å². The maximum atomic E-state index is 12.5. The zero-order valence-corrected chi connectivity index (χ0v) is 12.4. The van der Waals surface area contributed by atoms with Gasteiger partial charge in [0.1, 0.15) is 11.3 Å². The summed E-state index contributed by atoms with van der Waals surface area (Å²) in [4.78, 5) is 50.4. The van der Waals surface area contributed by atoms with Crippen LogP contribution in [0.2, 0.25) is 0 Å². The average Bonchev–Trinajstić information content (AvgIpc) is 2.71. The van der Waals surface area contributed by atoms with Gasteiger partial charge in [-0.3, -0.25) is 24.1 Å². The second-order valence-corrected chi connectivity index (χ2v) is 6.24. The molecule has 0 unspecified atom stereocenters. The smallest absolute Gasteiger partial charge is 0.304 e. The standard InChI is InChI=1S/C16H14N2O4/c1-16(2,3)13(20)10-11-14(21)17-8-6-4-5-7-9(8)18(11)15(22)12(10)19/h4-7H,1-3H3,(H,17,21). The number of nitrogens with zero attached hydrogens (tertiary/aromatic N) is 1. The van der Waals surface area contributed by atoms with Crippen molar-refractivity contribution in [2.24, 2.45) is 5.41 Å². The molecule has 0 aliphatic carbocycles. The van der Waals surface area contributed by atoms with Gasteiger partial charge in [-0.2, -0.15) is 0 Å². The molecule has 0 bridgehead atoms. The molecule has 0 aromatic heterocycles. The third-order valence-electron chi connectivity index (χ3n) is 3.60. The number of benzene rings is 1. The number of hydrogen-bond donors (Lipinski definition) is 1. The van der Waals surface area contributed by atoms with Crippen LogP contribution in [-0.4, -0.2) is 23.4 Å². The Morgan fingerprint density at radius 3 is 2.36 bits per heavy atom. The number of ketones is 2. The van der Waals surface area contributed by atoms with E-state index in [2.05, 4.69) is 5.32 Å². The van der Waals surface area contributed by atoms with Crippen LogP contribution in [0.5, 0.6) is 0 Å². The fraction of sp³-hybridized carbons (Fsp3) is 0.250. The van der Waals surface area contributed by atoms with Crippen LogP contribution in [0, 0.1) is 5.41 Å². The summed E-state index contributed by atoms with van der Waals surface area (Å²) in [5.41, 5.74) is -0.543. The van der Waals surface area contributed by atoms with E-state index >= 15 is 0 Å². The van der Waals surface area contributed by atoms with Gasteiger partial charge in [0.25, 0.3) is 11.7 Å². The van der Waals surface area contributed by atoms with Crippen molar-refractivity contribution < 1.29 is 19.2 Å². The second kappa shape index (κ2) is 4.37. The third-order valence-corrected chi connectivity index (χ3v) is 3.60. The van der Waals surface area contributed by atoms with E-state index in [4.69, 9.17) is 0 Å². The highest BCUT2D eigenvalue weighted by Gasteiger charge is 2.49. The van der Waals surface area contributed by atoms with Crippen LogP contribution >= 0.6 is 0 Å². The molecular weight excluding hydrogens is 284 g/mol. The van der Waals surface area contributed by atoms with Gasteiger partial charge in [-0.05, 0) is 12.1 Å². The molecule has 2 amide bonds. The molecule has 1 aromatic carbocycles. The Bertz CT molecular complexity index is 784. The summed E-state index contributed by atoms with van der Waals surface area (Å²) in [6, 6.07) is 6.64. The topological polar surface area (TPSA) is 83.6 Å². The number of rotatable bonds is 1. The van der Waals surface area contributed by atoms with Crippen LogP contribution in [-0.2, 0) is 19.2 Å². The van der Waals surface area contributed by atoms with Crippen molar-refractivity contribution in [2.45, 2.75) is 20.8 Å². The van der Waals surface area contributed by atoms with Crippen molar-refractivity contribution >= 4 is 34.8 Å². The van der Waals surface area contributed by atoms with E-state index in [1.807, 2.05) is 0 Å². The number of hydrogen-bond acceptors (Lipinski definition) is 4. The zero-order chi connectivity index (χ0) is 16.2. The Morgan fingerprint density at radius 1 is 1.09 bits per heavy atom. The van der Waals surface area contributed by atoms with E-state index in [0.29, 0.717) is 11.4 Å². The highest BCUT2D eigenvalue weighted by atomic mass is 16.2. The maximum Gasteiger partial charge on any atom is 0.304 e. The average molecular weight is 298 g/mol. The van der Waals surface area contributed by atoms with Gasteiger partial charge in [0.05, 0.1) is 11.4 Å². The second-order valence-electron chi connectivity index (χ2n) is 6.24. The number of nitrogens with one attached hydrogen (secondary N) is 1. The molecule has 1 N–H and O–H groups in total. The molecule has 1 aromatic rings. The summed E-state index contributed by atoms with van der Waals surface area (Å²) in [6.45, 7) is 4.91. The molecule has 2 aliphatic rings. The summed E-state index contributed by atoms with van der Waals surface area (Å²) in [6.07, 6.45) is 0. The van der Waals surface area contributed by atoms with Crippen LogP contribution < -0.4 is 10.2 Å². The normalized spacial score (nSPS) is 17.4. The monoisotopic (exact) mass is 298 g/mol. The predicted molar refractivity (Wildman–Crippen MR) is 79.1 cm³/mol. The number of para-hydroxylation sites is 2. The molecule has 2 aliphatic heterocycles. The van der Waals surface area contributed by atoms with Crippen LogP contribution in [0.4, 0.5) is 11.4 Å². The molecule has 6 heteroatoms. The van der Waals surface area contributed by atoms with Gasteiger partial charge < -0.3 is 5.32 Å². The molecule has 0 saturated carbocycles. The Morgan fingerprint density at radius 2 is 1.73 bits per heavy atom. The number of carbonyl (C=O) groups is 4. The van der Waals surface area contributed by atoms with E-state index < -0.39 is 28.8 Å². The van der Waals surface area contributed by atoms with Gasteiger partial charge in [-0.15, -0.1) is 0 Å². The van der Waals surface area contributed by atoms with Gasteiger partial charge in [-0.25, -0.2) is 0 Å². The fourth-order valence-corrected chi connectivity index (χ4v) is 2.52. The summed E-state index contributed by atoms with van der Waals surface area (Å²) in [5.74, 6) is -2.94. The number of amides is 2. The third kappa shape index (κ3) is 1.80. The first-order valence-corrected chi connectivity index (χ1v) is 6.81. The van der Waals surface area contributed by atoms with Gasteiger partial charge in [0.15, 0.2) is 5.78 Å². The number of fused-ring (bicyclic) bond motifs is 3.